The molecular formula is C26H26Cl2NO7PS. The largest absolute Gasteiger partial charge is 0.480 e. The Hall–Kier alpha value is -2.68. The van der Waals surface area contributed by atoms with Crippen LogP contribution in [0.25, 0.3) is 0 Å². The summed E-state index contributed by atoms with van der Waals surface area (Å²) in [7, 11) is -5.23. The maximum atomic E-state index is 13.3. The lowest BCUT2D eigenvalue weighted by Crippen LogP contribution is -2.42. The highest BCUT2D eigenvalue weighted by Crippen LogP contribution is 2.45. The summed E-state index contributed by atoms with van der Waals surface area (Å²) in [5, 5.41) is 12.7. The van der Waals surface area contributed by atoms with Crippen LogP contribution in [0.3, 0.4) is 0 Å². The van der Waals surface area contributed by atoms with Gasteiger partial charge in [-0.05, 0) is 53.9 Å². The van der Waals surface area contributed by atoms with Crippen molar-refractivity contribution < 1.29 is 32.2 Å². The van der Waals surface area contributed by atoms with E-state index in [-0.39, 0.29) is 33.1 Å². The van der Waals surface area contributed by atoms with E-state index in [0.717, 1.165) is 6.26 Å². The first-order valence-electron chi connectivity index (χ1n) is 11.3. The maximum absolute atomic E-state index is 13.3. The number of rotatable bonds is 11. The fourth-order valence-corrected chi connectivity index (χ4v) is 7.04. The number of aryl methyl sites for hydroxylation is 1. The van der Waals surface area contributed by atoms with Crippen molar-refractivity contribution in [2.24, 2.45) is 0 Å². The van der Waals surface area contributed by atoms with Crippen LogP contribution < -0.4 is 10.6 Å². The molecule has 2 atom stereocenters. The third-order valence-electron chi connectivity index (χ3n) is 5.84. The molecule has 3 rings (SSSR count). The molecule has 12 heteroatoms. The SMILES string of the molecule is COP(=O)(CCc1cc(Cl)c(C(=O)N[C@@H](Cc2cccc(S(C)(=O)=O)c2)C(=O)O)c(Cl)c1)c1ccccc1. The van der Waals surface area contributed by atoms with E-state index in [4.69, 9.17) is 27.7 Å². The van der Waals surface area contributed by atoms with Crippen LogP contribution in [0.5, 0.6) is 0 Å². The van der Waals surface area contributed by atoms with Gasteiger partial charge in [-0.2, -0.15) is 0 Å². The normalized spacial score (nSPS) is 13.9. The number of halogens is 2. The molecule has 8 nitrogen and oxygen atoms in total. The third kappa shape index (κ3) is 7.46. The van der Waals surface area contributed by atoms with Gasteiger partial charge in [0.15, 0.2) is 9.84 Å². The lowest BCUT2D eigenvalue weighted by atomic mass is 10.0. The van der Waals surface area contributed by atoms with Crippen LogP contribution in [0.4, 0.5) is 0 Å². The molecule has 3 aromatic rings. The highest BCUT2D eigenvalue weighted by atomic mass is 35.5. The Balaban J connectivity index is 1.77. The number of aliphatic carboxylic acids is 1. The number of nitrogens with one attached hydrogen (secondary N) is 1. The Labute approximate surface area is 231 Å². The predicted octanol–water partition coefficient (Wildman–Crippen LogP) is 4.62. The van der Waals surface area contributed by atoms with Crippen molar-refractivity contribution in [2.75, 3.05) is 19.5 Å². The lowest BCUT2D eigenvalue weighted by molar-refractivity contribution is -0.139. The molecule has 0 saturated heterocycles. The number of carbonyl (C=O) groups excluding carboxylic acids is 1. The van der Waals surface area contributed by atoms with Gasteiger partial charge >= 0.3 is 5.97 Å². The fourth-order valence-electron chi connectivity index (χ4n) is 3.81. The molecule has 0 aromatic heterocycles. The van der Waals surface area contributed by atoms with E-state index in [0.29, 0.717) is 22.9 Å². The molecule has 0 heterocycles. The molecule has 0 fully saturated rings. The Morgan fingerprint density at radius 3 is 2.18 bits per heavy atom. The molecule has 0 saturated carbocycles. The molecule has 0 aliphatic rings. The van der Waals surface area contributed by atoms with Gasteiger partial charge in [0, 0.05) is 31.3 Å². The minimum absolute atomic E-state index is 0.000160. The van der Waals surface area contributed by atoms with Gasteiger partial charge < -0.3 is 14.9 Å². The van der Waals surface area contributed by atoms with Gasteiger partial charge in [-0.1, -0.05) is 53.5 Å². The third-order valence-corrected chi connectivity index (χ3v) is 10.0. The topological polar surface area (TPSA) is 127 Å². The molecule has 1 unspecified atom stereocenters. The number of hydrogen-bond acceptors (Lipinski definition) is 6. The van der Waals surface area contributed by atoms with E-state index in [1.807, 2.05) is 6.07 Å². The van der Waals surface area contributed by atoms with Crippen molar-refractivity contribution in [1.29, 1.82) is 0 Å². The number of carboxylic acids is 1. The lowest BCUT2D eigenvalue weighted by Gasteiger charge is -2.18. The van der Waals surface area contributed by atoms with Crippen molar-refractivity contribution in [3.8, 4) is 0 Å². The molecule has 38 heavy (non-hydrogen) atoms. The molecule has 0 aliphatic carbocycles. The van der Waals surface area contributed by atoms with Crippen molar-refractivity contribution in [3.05, 3.63) is 93.5 Å². The summed E-state index contributed by atoms with van der Waals surface area (Å²) in [5.74, 6) is -2.12. The second kappa shape index (κ2) is 12.5. The van der Waals surface area contributed by atoms with Gasteiger partial charge in [0.25, 0.3) is 5.91 Å². The summed E-state index contributed by atoms with van der Waals surface area (Å²) in [5.41, 5.74) is 0.928. The van der Waals surface area contributed by atoms with Crippen molar-refractivity contribution in [2.45, 2.75) is 23.8 Å². The van der Waals surface area contributed by atoms with Crippen LogP contribution in [-0.2, 0) is 36.6 Å². The summed E-state index contributed by atoms with van der Waals surface area (Å²) in [4.78, 5) is 24.9. The molecule has 202 valence electrons. The monoisotopic (exact) mass is 597 g/mol. The second-order valence-corrected chi connectivity index (χ2v) is 14.1. The molecular weight excluding hydrogens is 572 g/mol. The molecule has 0 spiro atoms. The molecule has 0 aliphatic heterocycles. The van der Waals surface area contributed by atoms with Crippen molar-refractivity contribution in [1.82, 2.24) is 5.32 Å². The average molecular weight is 598 g/mol. The molecule has 1 amide bonds. The molecule has 3 aromatic carbocycles. The molecule has 0 radical (unpaired) electrons. The van der Waals surface area contributed by atoms with Gasteiger partial charge in [-0.15, -0.1) is 0 Å². The number of hydrogen-bond donors (Lipinski definition) is 2. The van der Waals surface area contributed by atoms with Crippen molar-refractivity contribution in [3.63, 3.8) is 0 Å². The molecule has 2 N–H and O–H groups in total. The zero-order chi connectivity index (χ0) is 28.1. The predicted molar refractivity (Wildman–Crippen MR) is 148 cm³/mol. The summed E-state index contributed by atoms with van der Waals surface area (Å²) in [6, 6.07) is 16.3. The van der Waals surface area contributed by atoms with Crippen LogP contribution in [-0.4, -0.2) is 51.0 Å². The van der Waals surface area contributed by atoms with Gasteiger partial charge in [0.1, 0.15) is 6.04 Å². The van der Waals surface area contributed by atoms with Gasteiger partial charge in [0.2, 0.25) is 7.37 Å². The minimum atomic E-state index is -3.49. The van der Waals surface area contributed by atoms with Crippen LogP contribution in [0.1, 0.15) is 21.5 Å². The Morgan fingerprint density at radius 2 is 1.63 bits per heavy atom. The quantitative estimate of drug-likeness (QED) is 0.309. The van der Waals surface area contributed by atoms with E-state index in [9.17, 15) is 27.7 Å². The standard InChI is InChI=1S/C26H26Cl2NO7PS/c1-36-37(33,19-8-4-3-5-9-19)12-11-18-14-21(27)24(22(28)15-18)25(30)29-23(26(31)32)16-17-7-6-10-20(13-17)38(2,34)35/h3-10,13-15,23H,11-12,16H2,1-2H3,(H,29,30)(H,31,32)/t23-,37?/m0/s1. The van der Waals surface area contributed by atoms with Crippen LogP contribution in [0.2, 0.25) is 10.0 Å². The number of benzene rings is 3. The average Bonchev–Trinajstić information content (AvgIpc) is 2.86. The fraction of sp³-hybridized carbons (Fsp3) is 0.231. The highest BCUT2D eigenvalue weighted by Gasteiger charge is 2.27. The van der Waals surface area contributed by atoms with Crippen LogP contribution in [0.15, 0.2) is 71.6 Å². The van der Waals surface area contributed by atoms with Crippen molar-refractivity contribution >= 4 is 57.6 Å². The maximum Gasteiger partial charge on any atom is 0.326 e. The number of sulfone groups is 1. The Morgan fingerprint density at radius 1 is 1.00 bits per heavy atom. The van der Waals surface area contributed by atoms with E-state index in [2.05, 4.69) is 5.32 Å². The van der Waals surface area contributed by atoms with E-state index in [1.54, 1.807) is 30.3 Å². The number of carbonyl (C=O) groups is 2. The van der Waals surface area contributed by atoms with Gasteiger partial charge in [-0.25, -0.2) is 13.2 Å². The number of carboxylic acid groups (broad SMARTS) is 1. The summed E-state index contributed by atoms with van der Waals surface area (Å²) in [6.45, 7) is 0. The van der Waals surface area contributed by atoms with E-state index in [1.165, 1.54) is 37.4 Å². The smallest absolute Gasteiger partial charge is 0.326 e. The van der Waals surface area contributed by atoms with E-state index < -0.39 is 35.1 Å². The first-order valence-corrected chi connectivity index (χ1v) is 15.8. The van der Waals surface area contributed by atoms with Gasteiger partial charge in [0.05, 0.1) is 20.5 Å². The minimum Gasteiger partial charge on any atom is -0.480 e. The first kappa shape index (κ1) is 29.9. The summed E-state index contributed by atoms with van der Waals surface area (Å²) in [6.07, 6.45) is 1.37. The zero-order valence-electron chi connectivity index (χ0n) is 20.6. The van der Waals surface area contributed by atoms with E-state index >= 15 is 0 Å². The summed E-state index contributed by atoms with van der Waals surface area (Å²) < 4.78 is 42.3. The van der Waals surface area contributed by atoms with Crippen LogP contribution >= 0.6 is 30.6 Å². The second-order valence-electron chi connectivity index (χ2n) is 8.59. The zero-order valence-corrected chi connectivity index (χ0v) is 23.8. The molecule has 0 bridgehead atoms. The summed E-state index contributed by atoms with van der Waals surface area (Å²) >= 11 is 12.7. The first-order chi connectivity index (χ1) is 17.8. The van der Waals surface area contributed by atoms with Gasteiger partial charge in [-0.3, -0.25) is 9.36 Å². The number of amides is 1. The van der Waals surface area contributed by atoms with Crippen LogP contribution in [0, 0.1) is 0 Å². The Bertz CT molecular complexity index is 1470. The highest BCUT2D eigenvalue weighted by molar-refractivity contribution is 7.90. The Kier molecular flexibility index (Phi) is 9.79.